The number of hydrogen-bond donors (Lipinski definition) is 1. The predicted octanol–water partition coefficient (Wildman–Crippen LogP) is 4.11. The van der Waals surface area contributed by atoms with E-state index in [0.29, 0.717) is 13.0 Å². The normalized spacial score (nSPS) is 19.3. The maximum atomic E-state index is 11.8. The number of rotatable bonds is 6. The Morgan fingerprint density at radius 2 is 1.92 bits per heavy atom. The van der Waals surface area contributed by atoms with E-state index in [1.54, 1.807) is 0 Å². The highest BCUT2D eigenvalue weighted by Crippen LogP contribution is 2.35. The summed E-state index contributed by atoms with van der Waals surface area (Å²) in [5.41, 5.74) is 2.19. The number of hydrogen-bond acceptors (Lipinski definition) is 3. The van der Waals surface area contributed by atoms with Gasteiger partial charge in [0.1, 0.15) is 11.8 Å². The molecule has 0 aliphatic carbocycles. The summed E-state index contributed by atoms with van der Waals surface area (Å²) in [5, 5.41) is 9.72. The summed E-state index contributed by atoms with van der Waals surface area (Å²) in [5.74, 6) is 0.0893. The average Bonchev–Trinajstić information content (AvgIpc) is 2.64. The van der Waals surface area contributed by atoms with Gasteiger partial charge in [-0.05, 0) is 49.6 Å². The zero-order valence-corrected chi connectivity index (χ0v) is 14.6. The topological polar surface area (TPSA) is 49.8 Å². The minimum atomic E-state index is -0.735. The molecular weight excluding hydrogens is 314 g/mol. The van der Waals surface area contributed by atoms with Crippen LogP contribution in [-0.4, -0.2) is 35.2 Å². The number of aliphatic carboxylic acids is 1. The monoisotopic (exact) mass is 339 g/mol. The third kappa shape index (κ3) is 4.02. The van der Waals surface area contributed by atoms with E-state index in [1.807, 2.05) is 43.3 Å². The van der Waals surface area contributed by atoms with Gasteiger partial charge in [0.15, 0.2) is 0 Å². The Kier molecular flexibility index (Phi) is 5.71. The number of carboxylic acid groups (broad SMARTS) is 1. The van der Waals surface area contributed by atoms with Crippen LogP contribution >= 0.6 is 0 Å². The highest BCUT2D eigenvalue weighted by molar-refractivity contribution is 5.73. The Morgan fingerprint density at radius 3 is 2.64 bits per heavy atom. The molecule has 4 nitrogen and oxygen atoms in total. The van der Waals surface area contributed by atoms with Crippen LogP contribution in [0.1, 0.15) is 43.4 Å². The molecule has 0 saturated carbocycles. The molecule has 1 heterocycles. The van der Waals surface area contributed by atoms with Crippen molar-refractivity contribution in [2.75, 3.05) is 13.2 Å². The van der Waals surface area contributed by atoms with E-state index in [0.717, 1.165) is 36.3 Å². The molecule has 1 N–H and O–H groups in total. The molecule has 2 unspecified atom stereocenters. The largest absolute Gasteiger partial charge is 0.494 e. The first-order valence-electron chi connectivity index (χ1n) is 8.97. The highest BCUT2D eigenvalue weighted by Gasteiger charge is 2.35. The molecule has 25 heavy (non-hydrogen) atoms. The van der Waals surface area contributed by atoms with Crippen LogP contribution < -0.4 is 4.74 Å². The summed E-state index contributed by atoms with van der Waals surface area (Å²) in [6, 6.07) is 17.7. The summed E-state index contributed by atoms with van der Waals surface area (Å²) >= 11 is 0. The Bertz CT molecular complexity index is 701. The zero-order valence-electron chi connectivity index (χ0n) is 14.6. The molecule has 132 valence electrons. The highest BCUT2D eigenvalue weighted by atomic mass is 16.5. The molecule has 1 saturated heterocycles. The maximum absolute atomic E-state index is 11.8. The molecule has 3 rings (SSSR count). The fraction of sp³-hybridized carbons (Fsp3) is 0.381. The fourth-order valence-corrected chi connectivity index (χ4v) is 3.68. The van der Waals surface area contributed by atoms with Gasteiger partial charge in [0.25, 0.3) is 0 Å². The number of piperidine rings is 1. The maximum Gasteiger partial charge on any atom is 0.320 e. The Balaban J connectivity index is 2.04. The van der Waals surface area contributed by atoms with Crippen molar-refractivity contribution in [2.45, 2.75) is 38.3 Å². The third-order valence-electron chi connectivity index (χ3n) is 4.76. The number of carboxylic acids is 1. The Hall–Kier alpha value is -2.33. The van der Waals surface area contributed by atoms with Gasteiger partial charge < -0.3 is 9.84 Å². The van der Waals surface area contributed by atoms with Crippen LogP contribution in [0.5, 0.6) is 5.75 Å². The van der Waals surface area contributed by atoms with Gasteiger partial charge in [-0.25, -0.2) is 0 Å². The van der Waals surface area contributed by atoms with Gasteiger partial charge in [0.2, 0.25) is 0 Å². The summed E-state index contributed by atoms with van der Waals surface area (Å²) in [6.07, 6.45) is 2.69. The van der Waals surface area contributed by atoms with E-state index in [1.165, 1.54) is 0 Å². The van der Waals surface area contributed by atoms with Crippen LogP contribution in [0.4, 0.5) is 0 Å². The van der Waals surface area contributed by atoms with Gasteiger partial charge in [0.05, 0.1) is 12.6 Å². The van der Waals surface area contributed by atoms with Crippen LogP contribution in [0.25, 0.3) is 0 Å². The quantitative estimate of drug-likeness (QED) is 0.860. The zero-order chi connectivity index (χ0) is 17.6. The van der Waals surface area contributed by atoms with Crippen molar-refractivity contribution >= 4 is 5.97 Å². The number of carbonyl (C=O) groups is 1. The number of nitrogens with zero attached hydrogens (tertiary/aromatic N) is 1. The lowest BCUT2D eigenvalue weighted by Crippen LogP contribution is -2.46. The molecular formula is C21H25NO3. The lowest BCUT2D eigenvalue weighted by atomic mass is 9.91. The fourth-order valence-electron chi connectivity index (χ4n) is 3.68. The van der Waals surface area contributed by atoms with Gasteiger partial charge in [0, 0.05) is 0 Å². The lowest BCUT2D eigenvalue weighted by molar-refractivity contribution is -0.145. The molecule has 1 fully saturated rings. The van der Waals surface area contributed by atoms with Crippen LogP contribution in [-0.2, 0) is 4.79 Å². The Morgan fingerprint density at radius 1 is 1.16 bits per heavy atom. The van der Waals surface area contributed by atoms with Gasteiger partial charge >= 0.3 is 5.97 Å². The van der Waals surface area contributed by atoms with E-state index >= 15 is 0 Å². The SMILES string of the molecule is CCOc1cccc(C(c2ccccc2)N2CCCCC2C(=O)O)c1. The van der Waals surface area contributed by atoms with Crippen molar-refractivity contribution in [3.63, 3.8) is 0 Å². The molecule has 0 amide bonds. The second-order valence-corrected chi connectivity index (χ2v) is 6.41. The molecule has 0 bridgehead atoms. The second kappa shape index (κ2) is 8.17. The van der Waals surface area contributed by atoms with Crippen molar-refractivity contribution in [2.24, 2.45) is 0 Å². The molecule has 2 aromatic rings. The van der Waals surface area contributed by atoms with E-state index in [2.05, 4.69) is 23.1 Å². The lowest BCUT2D eigenvalue weighted by Gasteiger charge is -2.39. The summed E-state index contributed by atoms with van der Waals surface area (Å²) < 4.78 is 5.66. The molecule has 0 spiro atoms. The van der Waals surface area contributed by atoms with E-state index in [-0.39, 0.29) is 6.04 Å². The molecule has 0 aromatic heterocycles. The predicted molar refractivity (Wildman–Crippen MR) is 97.9 cm³/mol. The van der Waals surface area contributed by atoms with Gasteiger partial charge in [-0.15, -0.1) is 0 Å². The number of likely N-dealkylation sites (tertiary alicyclic amines) is 1. The van der Waals surface area contributed by atoms with Gasteiger partial charge in [-0.1, -0.05) is 48.9 Å². The molecule has 2 aromatic carbocycles. The van der Waals surface area contributed by atoms with Crippen LogP contribution in [0.3, 0.4) is 0 Å². The molecule has 4 heteroatoms. The van der Waals surface area contributed by atoms with Crippen molar-refractivity contribution in [1.29, 1.82) is 0 Å². The molecule has 2 atom stereocenters. The van der Waals surface area contributed by atoms with E-state index < -0.39 is 12.0 Å². The van der Waals surface area contributed by atoms with Crippen molar-refractivity contribution < 1.29 is 14.6 Å². The number of ether oxygens (including phenoxy) is 1. The first-order chi connectivity index (χ1) is 12.2. The van der Waals surface area contributed by atoms with Crippen LogP contribution in [0.15, 0.2) is 54.6 Å². The smallest absolute Gasteiger partial charge is 0.320 e. The van der Waals surface area contributed by atoms with Crippen molar-refractivity contribution in [1.82, 2.24) is 4.90 Å². The molecule has 1 aliphatic heterocycles. The minimum Gasteiger partial charge on any atom is -0.494 e. The second-order valence-electron chi connectivity index (χ2n) is 6.41. The van der Waals surface area contributed by atoms with Crippen molar-refractivity contribution in [3.05, 3.63) is 65.7 Å². The standard InChI is InChI=1S/C21H25NO3/c1-2-25-18-12-8-11-17(15-18)20(16-9-4-3-5-10-16)22-14-7-6-13-19(22)21(23)24/h3-5,8-12,15,19-20H,2,6-7,13-14H2,1H3,(H,23,24). The first kappa shape index (κ1) is 17.5. The first-order valence-corrected chi connectivity index (χ1v) is 8.97. The van der Waals surface area contributed by atoms with E-state index in [9.17, 15) is 9.90 Å². The van der Waals surface area contributed by atoms with E-state index in [4.69, 9.17) is 4.74 Å². The number of benzene rings is 2. The minimum absolute atomic E-state index is 0.0805. The Labute approximate surface area is 149 Å². The molecule has 0 radical (unpaired) electrons. The summed E-state index contributed by atoms with van der Waals surface area (Å²) in [4.78, 5) is 14.0. The summed E-state index contributed by atoms with van der Waals surface area (Å²) in [7, 11) is 0. The summed E-state index contributed by atoms with van der Waals surface area (Å²) in [6.45, 7) is 3.36. The van der Waals surface area contributed by atoms with Gasteiger partial charge in [-0.2, -0.15) is 0 Å². The van der Waals surface area contributed by atoms with Crippen LogP contribution in [0, 0.1) is 0 Å². The van der Waals surface area contributed by atoms with Crippen LogP contribution in [0.2, 0.25) is 0 Å². The third-order valence-corrected chi connectivity index (χ3v) is 4.76. The van der Waals surface area contributed by atoms with Gasteiger partial charge in [-0.3, -0.25) is 9.69 Å². The average molecular weight is 339 g/mol. The van der Waals surface area contributed by atoms with Crippen molar-refractivity contribution in [3.8, 4) is 5.75 Å². The molecule has 1 aliphatic rings.